The number of nitrogens with two attached hydrogens (primary N) is 1. The quantitative estimate of drug-likeness (QED) is 0.0399. The molecule has 278 valence electrons. The minimum absolute atomic E-state index is 0.0239. The summed E-state index contributed by atoms with van der Waals surface area (Å²) in [6.45, 7) is 8.17. The Bertz CT molecular complexity index is 498. The van der Waals surface area contributed by atoms with Crippen LogP contribution < -0.4 is 5.73 Å². The smallest absolute Gasteiger partial charge is 0.161 e. The standard InChI is InChI=1S/C41H87NO3Si/c1-3-5-7-9-11-13-19-23-27-31-37-43-41(44-38-32-28-24-20-14-12-10-8-6-4-2)35-30-26-22-18-16-15-17-21-25-29-33-39-45-46-40-34-36-42/h41H,3-40,42,46H2,1-2H3. The van der Waals surface area contributed by atoms with Crippen molar-refractivity contribution in [2.45, 2.75) is 238 Å². The second kappa shape index (κ2) is 43.1. The van der Waals surface area contributed by atoms with Crippen LogP contribution in [0.2, 0.25) is 6.04 Å². The average molecular weight is 670 g/mol. The molecule has 0 atom stereocenters. The van der Waals surface area contributed by atoms with Crippen molar-refractivity contribution in [3.63, 3.8) is 0 Å². The van der Waals surface area contributed by atoms with Gasteiger partial charge in [0.15, 0.2) is 16.1 Å². The summed E-state index contributed by atoms with van der Waals surface area (Å²) in [5.74, 6) is 0. The summed E-state index contributed by atoms with van der Waals surface area (Å²) in [6.07, 6.45) is 44.7. The number of hydrogen-bond donors (Lipinski definition) is 1. The number of hydrogen-bond acceptors (Lipinski definition) is 4. The van der Waals surface area contributed by atoms with Gasteiger partial charge in [0.2, 0.25) is 0 Å². The molecule has 4 nitrogen and oxygen atoms in total. The van der Waals surface area contributed by atoms with Gasteiger partial charge in [-0.2, -0.15) is 0 Å². The Morgan fingerprint density at radius 2 is 0.717 bits per heavy atom. The van der Waals surface area contributed by atoms with E-state index in [1.165, 1.54) is 205 Å². The third-order valence-electron chi connectivity index (χ3n) is 9.57. The molecular formula is C41H87NO3Si. The van der Waals surface area contributed by atoms with Gasteiger partial charge in [-0.3, -0.25) is 0 Å². The first-order chi connectivity index (χ1) is 22.8. The zero-order chi connectivity index (χ0) is 33.3. The summed E-state index contributed by atoms with van der Waals surface area (Å²) in [6, 6.07) is 1.25. The van der Waals surface area contributed by atoms with Crippen LogP contribution in [-0.2, 0) is 13.9 Å². The average Bonchev–Trinajstić information content (AvgIpc) is 3.07. The molecule has 46 heavy (non-hydrogen) atoms. The fraction of sp³-hybridized carbons (Fsp3) is 1.00. The van der Waals surface area contributed by atoms with Crippen LogP contribution in [0.1, 0.15) is 226 Å². The number of rotatable bonds is 42. The molecule has 0 bridgehead atoms. The molecule has 0 aromatic rings. The Morgan fingerprint density at radius 1 is 0.391 bits per heavy atom. The van der Waals surface area contributed by atoms with Crippen LogP contribution in [-0.4, -0.2) is 42.4 Å². The first-order valence-corrected chi connectivity index (χ1v) is 22.9. The normalized spacial score (nSPS) is 12.0. The summed E-state index contributed by atoms with van der Waals surface area (Å²) < 4.78 is 18.4. The van der Waals surface area contributed by atoms with Crippen LogP contribution in [0.25, 0.3) is 0 Å². The van der Waals surface area contributed by atoms with E-state index in [4.69, 9.17) is 19.6 Å². The lowest BCUT2D eigenvalue weighted by molar-refractivity contribution is -0.148. The van der Waals surface area contributed by atoms with E-state index >= 15 is 0 Å². The van der Waals surface area contributed by atoms with E-state index in [2.05, 4.69) is 13.8 Å². The van der Waals surface area contributed by atoms with E-state index in [-0.39, 0.29) is 16.1 Å². The third kappa shape index (κ3) is 40.2. The zero-order valence-electron chi connectivity index (χ0n) is 32.0. The Kier molecular flexibility index (Phi) is 43.1. The lowest BCUT2D eigenvalue weighted by Gasteiger charge is -2.19. The van der Waals surface area contributed by atoms with E-state index in [0.717, 1.165) is 39.2 Å². The van der Waals surface area contributed by atoms with Gasteiger partial charge in [0.1, 0.15) is 0 Å². The molecule has 0 aliphatic rings. The molecule has 0 aliphatic heterocycles. The Hall–Kier alpha value is 0.0569. The van der Waals surface area contributed by atoms with Crippen LogP contribution in [0.4, 0.5) is 0 Å². The lowest BCUT2D eigenvalue weighted by Crippen LogP contribution is -2.19. The van der Waals surface area contributed by atoms with Gasteiger partial charge in [-0.25, -0.2) is 0 Å². The van der Waals surface area contributed by atoms with Crippen molar-refractivity contribution in [1.82, 2.24) is 0 Å². The maximum atomic E-state index is 6.30. The van der Waals surface area contributed by atoms with Crippen molar-refractivity contribution >= 4 is 9.76 Å². The van der Waals surface area contributed by atoms with Gasteiger partial charge in [-0.05, 0) is 51.1 Å². The van der Waals surface area contributed by atoms with E-state index in [0.29, 0.717) is 0 Å². The maximum Gasteiger partial charge on any atom is 0.161 e. The van der Waals surface area contributed by atoms with Gasteiger partial charge in [0.25, 0.3) is 0 Å². The summed E-state index contributed by atoms with van der Waals surface area (Å²) in [7, 11) is -0.282. The second-order valence-electron chi connectivity index (χ2n) is 14.3. The molecule has 0 aromatic heterocycles. The van der Waals surface area contributed by atoms with Crippen molar-refractivity contribution < 1.29 is 13.9 Å². The van der Waals surface area contributed by atoms with E-state index in [1.54, 1.807) is 0 Å². The molecule has 0 saturated carbocycles. The predicted molar refractivity (Wildman–Crippen MR) is 208 cm³/mol. The molecule has 0 saturated heterocycles. The van der Waals surface area contributed by atoms with E-state index in [1.807, 2.05) is 0 Å². The minimum Gasteiger partial charge on any atom is -0.424 e. The molecule has 0 heterocycles. The van der Waals surface area contributed by atoms with E-state index < -0.39 is 0 Å². The molecule has 0 unspecified atom stereocenters. The summed E-state index contributed by atoms with van der Waals surface area (Å²) in [4.78, 5) is 0. The third-order valence-corrected chi connectivity index (χ3v) is 10.9. The Labute approximate surface area is 293 Å². The molecule has 0 aromatic carbocycles. The fourth-order valence-electron chi connectivity index (χ4n) is 6.38. The second-order valence-corrected chi connectivity index (χ2v) is 15.8. The molecule has 0 rings (SSSR count). The highest BCUT2D eigenvalue weighted by Gasteiger charge is 2.09. The summed E-state index contributed by atoms with van der Waals surface area (Å²) in [5, 5.41) is 0. The van der Waals surface area contributed by atoms with Crippen molar-refractivity contribution in [2.75, 3.05) is 26.4 Å². The molecule has 2 N–H and O–H groups in total. The van der Waals surface area contributed by atoms with Crippen molar-refractivity contribution in [1.29, 1.82) is 0 Å². The molecule has 0 aliphatic carbocycles. The van der Waals surface area contributed by atoms with Gasteiger partial charge < -0.3 is 19.6 Å². The molecule has 0 spiro atoms. The number of unbranched alkanes of at least 4 members (excludes halogenated alkanes) is 28. The molecular weight excluding hydrogens is 583 g/mol. The SMILES string of the molecule is CCCCCCCCCCCCOC(CCCCCCCCCCCCCO[SiH2]CCCN)OCCCCCCCCCCCC. The highest BCUT2D eigenvalue weighted by atomic mass is 28.2. The minimum atomic E-state index is -0.282. The topological polar surface area (TPSA) is 53.7 Å². The number of ether oxygens (including phenoxy) is 2. The molecule has 0 radical (unpaired) electrons. The van der Waals surface area contributed by atoms with Crippen LogP contribution in [0, 0.1) is 0 Å². The Balaban J connectivity index is 3.86. The lowest BCUT2D eigenvalue weighted by atomic mass is 10.1. The van der Waals surface area contributed by atoms with Gasteiger partial charge in [0.05, 0.1) is 0 Å². The maximum absolute atomic E-state index is 6.30. The molecule has 5 heteroatoms. The largest absolute Gasteiger partial charge is 0.424 e. The van der Waals surface area contributed by atoms with Crippen LogP contribution in [0.15, 0.2) is 0 Å². The highest BCUT2D eigenvalue weighted by molar-refractivity contribution is 6.26. The summed E-state index contributed by atoms with van der Waals surface area (Å²) >= 11 is 0. The Morgan fingerprint density at radius 3 is 1.09 bits per heavy atom. The monoisotopic (exact) mass is 670 g/mol. The van der Waals surface area contributed by atoms with Gasteiger partial charge >= 0.3 is 0 Å². The van der Waals surface area contributed by atoms with Crippen molar-refractivity contribution in [3.8, 4) is 0 Å². The molecule has 0 amide bonds. The van der Waals surface area contributed by atoms with E-state index in [9.17, 15) is 0 Å². The van der Waals surface area contributed by atoms with Crippen LogP contribution in [0.5, 0.6) is 0 Å². The van der Waals surface area contributed by atoms with Gasteiger partial charge in [0, 0.05) is 19.8 Å². The van der Waals surface area contributed by atoms with Crippen molar-refractivity contribution in [3.05, 3.63) is 0 Å². The fourth-order valence-corrected chi connectivity index (χ4v) is 7.49. The van der Waals surface area contributed by atoms with Gasteiger partial charge in [-0.1, -0.05) is 187 Å². The predicted octanol–water partition coefficient (Wildman–Crippen LogP) is 12.7. The van der Waals surface area contributed by atoms with Crippen molar-refractivity contribution in [2.24, 2.45) is 5.73 Å². The van der Waals surface area contributed by atoms with Gasteiger partial charge in [-0.15, -0.1) is 0 Å². The van der Waals surface area contributed by atoms with Crippen LogP contribution >= 0.6 is 0 Å². The highest BCUT2D eigenvalue weighted by Crippen LogP contribution is 2.16. The van der Waals surface area contributed by atoms with Crippen LogP contribution in [0.3, 0.4) is 0 Å². The first kappa shape index (κ1) is 46.1. The zero-order valence-corrected chi connectivity index (χ0v) is 33.4. The summed E-state index contributed by atoms with van der Waals surface area (Å²) in [5.41, 5.74) is 5.54. The molecule has 0 fully saturated rings. The first-order valence-electron chi connectivity index (χ1n) is 21.4.